The molecule has 1 atom stereocenters. The van der Waals surface area contributed by atoms with Crippen LogP contribution in [0.3, 0.4) is 0 Å². The molecule has 1 heterocycles. The van der Waals surface area contributed by atoms with Gasteiger partial charge in [-0.15, -0.1) is 0 Å². The van der Waals surface area contributed by atoms with Crippen LogP contribution in [0.1, 0.15) is 50.7 Å². The third kappa shape index (κ3) is 4.77. The molecule has 0 bridgehead atoms. The molecule has 4 heteroatoms. The van der Waals surface area contributed by atoms with Gasteiger partial charge in [0.15, 0.2) is 0 Å². The van der Waals surface area contributed by atoms with Gasteiger partial charge in [-0.25, -0.2) is 0 Å². The molecule has 3 rings (SSSR count). The van der Waals surface area contributed by atoms with Crippen LogP contribution in [-0.4, -0.2) is 17.0 Å². The zero-order chi connectivity index (χ0) is 20.1. The number of rotatable bonds is 8. The van der Waals surface area contributed by atoms with Crippen LogP contribution < -0.4 is 5.32 Å². The summed E-state index contributed by atoms with van der Waals surface area (Å²) in [5.41, 5.74) is 3.51. The van der Waals surface area contributed by atoms with Gasteiger partial charge < -0.3 is 9.88 Å². The lowest BCUT2D eigenvalue weighted by Gasteiger charge is -2.18. The van der Waals surface area contributed by atoms with Crippen LogP contribution in [0.4, 0.5) is 0 Å². The maximum atomic E-state index is 12.7. The SMILES string of the molecule is CCn1cc(C(CC(=O)NCCC(C)C)c2ccc(Cl)cc2)c2ccccc21. The first kappa shape index (κ1) is 20.5. The largest absolute Gasteiger partial charge is 0.356 e. The summed E-state index contributed by atoms with van der Waals surface area (Å²) in [7, 11) is 0. The topological polar surface area (TPSA) is 34.0 Å². The summed E-state index contributed by atoms with van der Waals surface area (Å²) in [4.78, 5) is 12.7. The smallest absolute Gasteiger partial charge is 0.220 e. The lowest BCUT2D eigenvalue weighted by molar-refractivity contribution is -0.121. The Morgan fingerprint density at radius 3 is 2.50 bits per heavy atom. The van der Waals surface area contributed by atoms with E-state index in [0.717, 1.165) is 25.1 Å². The van der Waals surface area contributed by atoms with E-state index in [4.69, 9.17) is 11.6 Å². The van der Waals surface area contributed by atoms with E-state index < -0.39 is 0 Å². The minimum Gasteiger partial charge on any atom is -0.356 e. The van der Waals surface area contributed by atoms with Gasteiger partial charge >= 0.3 is 0 Å². The lowest BCUT2D eigenvalue weighted by Crippen LogP contribution is -2.27. The van der Waals surface area contributed by atoms with Gasteiger partial charge in [0, 0.05) is 47.6 Å². The second-order valence-electron chi connectivity index (χ2n) is 7.73. The zero-order valence-corrected chi connectivity index (χ0v) is 17.7. The van der Waals surface area contributed by atoms with Gasteiger partial charge in [-0.2, -0.15) is 0 Å². The molecule has 0 aliphatic heterocycles. The predicted octanol–water partition coefficient (Wildman–Crippen LogP) is 6.00. The van der Waals surface area contributed by atoms with Crippen LogP contribution in [0.25, 0.3) is 10.9 Å². The summed E-state index contributed by atoms with van der Waals surface area (Å²) in [6, 6.07) is 16.3. The van der Waals surface area contributed by atoms with Crippen molar-refractivity contribution in [2.75, 3.05) is 6.54 Å². The Balaban J connectivity index is 1.95. The van der Waals surface area contributed by atoms with Gasteiger partial charge in [-0.1, -0.05) is 55.8 Å². The Labute approximate surface area is 172 Å². The summed E-state index contributed by atoms with van der Waals surface area (Å²) in [5, 5.41) is 5.01. The van der Waals surface area contributed by atoms with E-state index in [0.29, 0.717) is 17.4 Å². The molecule has 0 saturated heterocycles. The number of carbonyl (C=O) groups is 1. The van der Waals surface area contributed by atoms with Gasteiger partial charge in [0.1, 0.15) is 0 Å². The summed E-state index contributed by atoms with van der Waals surface area (Å²) in [6.07, 6.45) is 3.62. The molecular weight excluding hydrogens is 368 g/mol. The molecule has 0 spiro atoms. The van der Waals surface area contributed by atoms with Crippen molar-refractivity contribution >= 4 is 28.4 Å². The number of nitrogens with zero attached hydrogens (tertiary/aromatic N) is 1. The number of fused-ring (bicyclic) bond motifs is 1. The summed E-state index contributed by atoms with van der Waals surface area (Å²) < 4.78 is 2.25. The highest BCUT2D eigenvalue weighted by molar-refractivity contribution is 6.30. The normalized spacial score (nSPS) is 12.5. The number of carbonyl (C=O) groups excluding carboxylic acids is 1. The van der Waals surface area contributed by atoms with E-state index in [-0.39, 0.29) is 11.8 Å². The van der Waals surface area contributed by atoms with Gasteiger partial charge in [0.05, 0.1) is 0 Å². The van der Waals surface area contributed by atoms with Crippen LogP contribution in [-0.2, 0) is 11.3 Å². The Morgan fingerprint density at radius 2 is 1.82 bits per heavy atom. The van der Waals surface area contributed by atoms with Crippen molar-refractivity contribution in [1.82, 2.24) is 9.88 Å². The van der Waals surface area contributed by atoms with Crippen LogP contribution in [0.15, 0.2) is 54.7 Å². The van der Waals surface area contributed by atoms with Crippen molar-refractivity contribution in [3.63, 3.8) is 0 Å². The molecule has 3 nitrogen and oxygen atoms in total. The van der Waals surface area contributed by atoms with Gasteiger partial charge in [-0.05, 0) is 48.6 Å². The fraction of sp³-hybridized carbons (Fsp3) is 0.375. The first-order chi connectivity index (χ1) is 13.5. The van der Waals surface area contributed by atoms with Gasteiger partial charge in [0.2, 0.25) is 5.91 Å². The number of para-hydroxylation sites is 1. The average Bonchev–Trinajstić information content (AvgIpc) is 3.05. The molecule has 0 fully saturated rings. The van der Waals surface area contributed by atoms with E-state index >= 15 is 0 Å². The first-order valence-corrected chi connectivity index (χ1v) is 10.5. The minimum atomic E-state index is -0.00554. The molecule has 148 valence electrons. The maximum Gasteiger partial charge on any atom is 0.220 e. The average molecular weight is 397 g/mol. The monoisotopic (exact) mass is 396 g/mol. The van der Waals surface area contributed by atoms with Crippen molar-refractivity contribution in [3.05, 3.63) is 70.9 Å². The van der Waals surface area contributed by atoms with Crippen molar-refractivity contribution in [3.8, 4) is 0 Å². The van der Waals surface area contributed by atoms with E-state index in [1.165, 1.54) is 16.5 Å². The number of halogens is 1. The molecule has 0 aliphatic carbocycles. The lowest BCUT2D eigenvalue weighted by atomic mass is 9.88. The molecule has 1 unspecified atom stereocenters. The Morgan fingerprint density at radius 1 is 1.11 bits per heavy atom. The molecule has 1 N–H and O–H groups in total. The van der Waals surface area contributed by atoms with Crippen LogP contribution in [0.5, 0.6) is 0 Å². The van der Waals surface area contributed by atoms with E-state index in [1.54, 1.807) is 0 Å². The molecule has 0 saturated carbocycles. The number of aromatic nitrogens is 1. The second-order valence-corrected chi connectivity index (χ2v) is 8.16. The van der Waals surface area contributed by atoms with Gasteiger partial charge in [-0.3, -0.25) is 4.79 Å². The van der Waals surface area contributed by atoms with Crippen molar-refractivity contribution in [2.24, 2.45) is 5.92 Å². The zero-order valence-electron chi connectivity index (χ0n) is 16.9. The Kier molecular flexibility index (Phi) is 6.79. The fourth-order valence-corrected chi connectivity index (χ4v) is 3.80. The molecule has 1 aromatic heterocycles. The standard InChI is InChI=1S/C24H29ClN2O/c1-4-27-16-22(20-7-5-6-8-23(20)27)21(18-9-11-19(25)12-10-18)15-24(28)26-14-13-17(2)3/h5-12,16-17,21H,4,13-15H2,1-3H3,(H,26,28). The first-order valence-electron chi connectivity index (χ1n) is 10.1. The highest BCUT2D eigenvalue weighted by Crippen LogP contribution is 2.35. The quantitative estimate of drug-likeness (QED) is 0.497. The third-order valence-corrected chi connectivity index (χ3v) is 5.49. The third-order valence-electron chi connectivity index (χ3n) is 5.24. The highest BCUT2D eigenvalue weighted by atomic mass is 35.5. The maximum absolute atomic E-state index is 12.7. The number of nitrogens with one attached hydrogen (secondary N) is 1. The number of benzene rings is 2. The fourth-order valence-electron chi connectivity index (χ4n) is 3.67. The molecule has 0 radical (unpaired) electrons. The summed E-state index contributed by atoms with van der Waals surface area (Å²) in [5.74, 6) is 0.665. The molecule has 28 heavy (non-hydrogen) atoms. The molecule has 3 aromatic rings. The van der Waals surface area contributed by atoms with Crippen molar-refractivity contribution < 1.29 is 4.79 Å². The molecule has 0 aliphatic rings. The van der Waals surface area contributed by atoms with Crippen molar-refractivity contribution in [1.29, 1.82) is 0 Å². The molecule has 1 amide bonds. The van der Waals surface area contributed by atoms with E-state index in [2.05, 4.69) is 61.1 Å². The minimum absolute atomic E-state index is 0.00554. The summed E-state index contributed by atoms with van der Waals surface area (Å²) >= 11 is 6.10. The van der Waals surface area contributed by atoms with E-state index in [1.807, 2.05) is 24.3 Å². The molecule has 2 aromatic carbocycles. The number of hydrogen-bond acceptors (Lipinski definition) is 1. The van der Waals surface area contributed by atoms with E-state index in [9.17, 15) is 4.79 Å². The van der Waals surface area contributed by atoms with Crippen LogP contribution >= 0.6 is 11.6 Å². The van der Waals surface area contributed by atoms with Crippen LogP contribution in [0, 0.1) is 5.92 Å². The predicted molar refractivity (Wildman–Crippen MR) is 118 cm³/mol. The molecular formula is C24H29ClN2O. The second kappa shape index (κ2) is 9.29. The number of amides is 1. The van der Waals surface area contributed by atoms with Crippen LogP contribution in [0.2, 0.25) is 5.02 Å². The highest BCUT2D eigenvalue weighted by Gasteiger charge is 2.22. The van der Waals surface area contributed by atoms with Gasteiger partial charge in [0.25, 0.3) is 0 Å². The van der Waals surface area contributed by atoms with Crippen molar-refractivity contribution in [2.45, 2.75) is 46.1 Å². The summed E-state index contributed by atoms with van der Waals surface area (Å²) in [6.45, 7) is 8.10. The Hall–Kier alpha value is -2.26. The Bertz CT molecular complexity index is 927. The number of aryl methyl sites for hydroxylation is 1. The number of hydrogen-bond donors (Lipinski definition) is 1.